The Bertz CT molecular complexity index is 380. The Hall–Kier alpha value is -1.69. The molecule has 0 aliphatic carbocycles. The van der Waals surface area contributed by atoms with Crippen molar-refractivity contribution in [1.29, 1.82) is 0 Å². The van der Waals surface area contributed by atoms with Gasteiger partial charge in [0.1, 0.15) is 5.75 Å². The molecule has 0 heterocycles. The van der Waals surface area contributed by atoms with Gasteiger partial charge in [0.25, 0.3) is 0 Å². The van der Waals surface area contributed by atoms with E-state index in [0.717, 1.165) is 0 Å². The number of anilines is 1. The summed E-state index contributed by atoms with van der Waals surface area (Å²) in [7, 11) is 0. The number of hydrogen-bond donors (Lipinski definition) is 2. The Morgan fingerprint density at radius 2 is 2.07 bits per heavy atom. The van der Waals surface area contributed by atoms with E-state index in [1.54, 1.807) is 18.2 Å². The number of benzene rings is 1. The third kappa shape index (κ3) is 3.51. The molecule has 0 amide bonds. The van der Waals surface area contributed by atoms with Gasteiger partial charge in [-0.2, -0.15) is 0 Å². The monoisotopic (exact) mass is 227 g/mol. The molecular weight excluding hydrogens is 218 g/mol. The van der Waals surface area contributed by atoms with Gasteiger partial charge in [-0.15, -0.1) is 0 Å². The second-order valence-corrected chi connectivity index (χ2v) is 3.31. The number of carbonyl (C=O) groups excluding carboxylic acids is 1. The summed E-state index contributed by atoms with van der Waals surface area (Å²) in [5.74, 6) is -1.98. The molecule has 3 N–H and O–H groups in total. The van der Waals surface area contributed by atoms with Crippen LogP contribution in [0.2, 0.25) is 0 Å². The number of carboxylic acid groups (broad SMARTS) is 1. The lowest BCUT2D eigenvalue weighted by atomic mass is 10.2. The van der Waals surface area contributed by atoms with E-state index < -0.39 is 11.9 Å². The van der Waals surface area contributed by atoms with Gasteiger partial charge in [-0.1, -0.05) is 12.1 Å². The van der Waals surface area contributed by atoms with E-state index in [4.69, 9.17) is 10.8 Å². The Morgan fingerprint density at radius 3 is 2.67 bits per heavy atom. The molecule has 6 heteroatoms. The van der Waals surface area contributed by atoms with Gasteiger partial charge in [-0.05, 0) is 12.1 Å². The molecule has 1 aromatic rings. The highest BCUT2D eigenvalue weighted by Gasteiger charge is 2.11. The zero-order valence-electron chi connectivity index (χ0n) is 7.67. The summed E-state index contributed by atoms with van der Waals surface area (Å²) in [5, 5.41) is 8.31. The fourth-order valence-electron chi connectivity index (χ4n) is 0.861. The minimum atomic E-state index is -1.05. The highest BCUT2D eigenvalue weighted by atomic mass is 32.2. The van der Waals surface area contributed by atoms with Crippen LogP contribution < -0.4 is 5.73 Å². The zero-order valence-corrected chi connectivity index (χ0v) is 8.49. The third-order valence-corrected chi connectivity index (χ3v) is 2.13. The number of carboxylic acids is 1. The minimum absolute atomic E-state index is 0.232. The Kier molecular flexibility index (Phi) is 3.99. The van der Waals surface area contributed by atoms with Gasteiger partial charge >= 0.3 is 11.9 Å². The molecule has 0 saturated heterocycles. The summed E-state index contributed by atoms with van der Waals surface area (Å²) in [6.45, 7) is 0. The van der Waals surface area contributed by atoms with Crippen molar-refractivity contribution >= 4 is 29.7 Å². The molecule has 0 aliphatic heterocycles. The van der Waals surface area contributed by atoms with Gasteiger partial charge < -0.3 is 15.0 Å². The fraction of sp³-hybridized carbons (Fsp3) is 0.111. The van der Waals surface area contributed by atoms with E-state index in [-0.39, 0.29) is 11.3 Å². The number of carbonyl (C=O) groups is 2. The minimum Gasteiger partial charge on any atom is -0.481 e. The van der Waals surface area contributed by atoms with E-state index in [2.05, 4.69) is 4.18 Å². The number of hydrogen-bond acceptors (Lipinski definition) is 5. The van der Waals surface area contributed by atoms with E-state index in [1.807, 2.05) is 0 Å². The highest BCUT2D eigenvalue weighted by Crippen LogP contribution is 2.15. The Morgan fingerprint density at radius 1 is 1.40 bits per heavy atom. The molecule has 0 unspecified atom stereocenters. The first-order valence-corrected chi connectivity index (χ1v) is 4.92. The molecule has 1 rings (SSSR count). The van der Waals surface area contributed by atoms with Crippen LogP contribution in [-0.4, -0.2) is 22.8 Å². The van der Waals surface area contributed by atoms with Crippen LogP contribution in [0, 0.1) is 0 Å². The van der Waals surface area contributed by atoms with Crippen LogP contribution in [0.1, 0.15) is 10.4 Å². The second-order valence-electron chi connectivity index (χ2n) is 2.61. The van der Waals surface area contributed by atoms with Gasteiger partial charge in [-0.3, -0.25) is 4.79 Å². The number of rotatable bonds is 4. The molecule has 15 heavy (non-hydrogen) atoms. The molecule has 0 aromatic heterocycles. The smallest absolute Gasteiger partial charge is 0.352 e. The van der Waals surface area contributed by atoms with Crippen LogP contribution in [0.25, 0.3) is 0 Å². The Balaban J connectivity index is 2.54. The molecule has 80 valence electrons. The van der Waals surface area contributed by atoms with Gasteiger partial charge in [0.2, 0.25) is 0 Å². The summed E-state index contributed by atoms with van der Waals surface area (Å²) in [4.78, 5) is 21.5. The third-order valence-electron chi connectivity index (χ3n) is 1.50. The maximum atomic E-state index is 11.3. The molecule has 0 bridgehead atoms. The lowest BCUT2D eigenvalue weighted by Gasteiger charge is -2.03. The fourth-order valence-corrected chi connectivity index (χ4v) is 1.22. The van der Waals surface area contributed by atoms with Crippen molar-refractivity contribution in [3.05, 3.63) is 29.8 Å². The largest absolute Gasteiger partial charge is 0.481 e. The molecule has 0 fully saturated rings. The van der Waals surface area contributed by atoms with Gasteiger partial charge in [0.15, 0.2) is 0 Å². The van der Waals surface area contributed by atoms with Crippen molar-refractivity contribution in [3.8, 4) is 0 Å². The molecule has 0 atom stereocenters. The van der Waals surface area contributed by atoms with Crippen molar-refractivity contribution < 1.29 is 18.9 Å². The predicted molar refractivity (Wildman–Crippen MR) is 56.4 cm³/mol. The van der Waals surface area contributed by atoms with Gasteiger partial charge in [-0.25, -0.2) is 4.79 Å². The average Bonchev–Trinajstić information content (AvgIpc) is 2.17. The number of para-hydroxylation sites is 1. The van der Waals surface area contributed by atoms with Crippen LogP contribution in [-0.2, 0) is 8.98 Å². The quantitative estimate of drug-likeness (QED) is 0.592. The molecular formula is C9H9NO4S. The first-order chi connectivity index (χ1) is 7.11. The lowest BCUT2D eigenvalue weighted by molar-refractivity contribution is -0.133. The first kappa shape index (κ1) is 11.4. The van der Waals surface area contributed by atoms with Crippen LogP contribution in [0.3, 0.4) is 0 Å². The standard InChI is InChI=1S/C9H9NO4S/c10-7-4-2-1-3-6(7)9(13)14-15-5-8(11)12/h1-4H,5,10H2,(H,11,12). The number of nitrogens with two attached hydrogens (primary N) is 1. The van der Waals surface area contributed by atoms with E-state index in [0.29, 0.717) is 17.7 Å². The summed E-state index contributed by atoms with van der Waals surface area (Å²) < 4.78 is 4.64. The SMILES string of the molecule is Nc1ccccc1C(=O)OSCC(=O)O. The summed E-state index contributed by atoms with van der Waals surface area (Å²) in [6.07, 6.45) is 0. The van der Waals surface area contributed by atoms with Crippen molar-refractivity contribution in [2.75, 3.05) is 11.5 Å². The topological polar surface area (TPSA) is 89.6 Å². The van der Waals surface area contributed by atoms with Crippen molar-refractivity contribution in [2.45, 2.75) is 0 Å². The molecule has 1 aromatic carbocycles. The zero-order chi connectivity index (χ0) is 11.3. The summed E-state index contributed by atoms with van der Waals surface area (Å²) in [6, 6.07) is 6.42. The van der Waals surface area contributed by atoms with Crippen LogP contribution in [0.4, 0.5) is 5.69 Å². The summed E-state index contributed by atoms with van der Waals surface area (Å²) in [5.41, 5.74) is 6.06. The second kappa shape index (κ2) is 5.26. The van der Waals surface area contributed by atoms with Crippen LogP contribution >= 0.6 is 12.0 Å². The normalized spacial score (nSPS) is 9.60. The molecule has 0 saturated carbocycles. The van der Waals surface area contributed by atoms with E-state index in [9.17, 15) is 9.59 Å². The van der Waals surface area contributed by atoms with Crippen LogP contribution in [0.5, 0.6) is 0 Å². The highest BCUT2D eigenvalue weighted by molar-refractivity contribution is 7.95. The van der Waals surface area contributed by atoms with Crippen LogP contribution in [0.15, 0.2) is 24.3 Å². The first-order valence-electron chi connectivity index (χ1n) is 4.01. The molecule has 0 spiro atoms. The van der Waals surface area contributed by atoms with Crippen molar-refractivity contribution in [3.63, 3.8) is 0 Å². The predicted octanol–water partition coefficient (Wildman–Crippen LogP) is 1.16. The molecule has 5 nitrogen and oxygen atoms in total. The Labute approximate surface area is 90.4 Å². The maximum absolute atomic E-state index is 11.3. The van der Waals surface area contributed by atoms with Gasteiger partial charge in [0, 0.05) is 5.69 Å². The lowest BCUT2D eigenvalue weighted by Crippen LogP contribution is -2.06. The summed E-state index contributed by atoms with van der Waals surface area (Å²) >= 11 is 0.568. The van der Waals surface area contributed by atoms with Crippen molar-refractivity contribution in [2.24, 2.45) is 0 Å². The van der Waals surface area contributed by atoms with Gasteiger partial charge in [0.05, 0.1) is 17.6 Å². The van der Waals surface area contributed by atoms with Crippen molar-refractivity contribution in [1.82, 2.24) is 0 Å². The van der Waals surface area contributed by atoms with E-state index >= 15 is 0 Å². The molecule has 0 aliphatic rings. The van der Waals surface area contributed by atoms with E-state index in [1.165, 1.54) is 6.07 Å². The molecule has 0 radical (unpaired) electrons. The number of nitrogen functional groups attached to an aromatic ring is 1. The number of aliphatic carboxylic acids is 1. The maximum Gasteiger partial charge on any atom is 0.352 e. The average molecular weight is 227 g/mol.